The summed E-state index contributed by atoms with van der Waals surface area (Å²) < 4.78 is 0. The molecule has 3 heterocycles. The third-order valence-corrected chi connectivity index (χ3v) is 4.82. The molecule has 3 rings (SSSR count). The second-order valence-electron chi connectivity index (χ2n) is 6.75. The van der Waals surface area contributed by atoms with Crippen LogP contribution in [0.25, 0.3) is 0 Å². The van der Waals surface area contributed by atoms with Crippen molar-refractivity contribution in [3.8, 4) is 0 Å². The summed E-state index contributed by atoms with van der Waals surface area (Å²) in [6, 6.07) is 1.70. The van der Waals surface area contributed by atoms with Crippen molar-refractivity contribution in [2.24, 2.45) is 5.92 Å². The zero-order valence-electron chi connectivity index (χ0n) is 14.5. The smallest absolute Gasteiger partial charge is 0.276 e. The Morgan fingerprint density at radius 1 is 1.40 bits per heavy atom. The third kappa shape index (κ3) is 3.35. The fraction of sp³-hybridized carbons (Fsp3) is 0.500. The molecule has 0 saturated carbocycles. The van der Waals surface area contributed by atoms with Gasteiger partial charge in [-0.2, -0.15) is 25.6 Å². The van der Waals surface area contributed by atoms with Crippen molar-refractivity contribution < 1.29 is 9.59 Å². The van der Waals surface area contributed by atoms with Crippen LogP contribution in [0.1, 0.15) is 46.8 Å². The van der Waals surface area contributed by atoms with Gasteiger partial charge in [-0.25, -0.2) is 0 Å². The number of nitrogens with one attached hydrogen (secondary N) is 2. The summed E-state index contributed by atoms with van der Waals surface area (Å²) in [5.41, 5.74) is 1.09. The molecule has 1 aliphatic heterocycles. The molecule has 2 N–H and O–H groups in total. The van der Waals surface area contributed by atoms with Gasteiger partial charge in [0.1, 0.15) is 0 Å². The average molecular weight is 343 g/mol. The van der Waals surface area contributed by atoms with Crippen LogP contribution in [0.15, 0.2) is 18.5 Å². The Bertz CT molecular complexity index is 773. The molecule has 1 fully saturated rings. The first kappa shape index (κ1) is 17.0. The molecule has 2 aromatic heterocycles. The summed E-state index contributed by atoms with van der Waals surface area (Å²) in [4.78, 5) is 26.6. The second-order valence-corrected chi connectivity index (χ2v) is 6.75. The van der Waals surface area contributed by atoms with Crippen LogP contribution in [0.3, 0.4) is 0 Å². The van der Waals surface area contributed by atoms with Gasteiger partial charge in [0, 0.05) is 24.5 Å². The molecule has 1 atom stereocenters. The lowest BCUT2D eigenvalue weighted by Gasteiger charge is -2.35. The predicted octanol–water partition coefficient (Wildman–Crippen LogP) is 0.574. The second kappa shape index (κ2) is 6.58. The highest BCUT2D eigenvalue weighted by Gasteiger charge is 2.44. The lowest BCUT2D eigenvalue weighted by molar-refractivity contribution is 0.0595. The van der Waals surface area contributed by atoms with Gasteiger partial charge >= 0.3 is 0 Å². The van der Waals surface area contributed by atoms with Crippen molar-refractivity contribution in [2.75, 3.05) is 13.1 Å². The number of carbonyl (C=O) groups excluding carboxylic acids is 2. The van der Waals surface area contributed by atoms with E-state index < -0.39 is 5.54 Å². The minimum atomic E-state index is -0.393. The minimum Gasteiger partial charge on any atom is -0.352 e. The normalized spacial score (nSPS) is 19.0. The lowest BCUT2D eigenvalue weighted by atomic mass is 9.88. The molecule has 0 radical (unpaired) electrons. The van der Waals surface area contributed by atoms with Crippen molar-refractivity contribution in [1.29, 1.82) is 0 Å². The maximum Gasteiger partial charge on any atom is 0.276 e. The fourth-order valence-electron chi connectivity index (χ4n) is 3.22. The van der Waals surface area contributed by atoms with Gasteiger partial charge in [0.2, 0.25) is 0 Å². The van der Waals surface area contributed by atoms with Crippen LogP contribution in [-0.2, 0) is 0 Å². The molecule has 132 valence electrons. The first-order valence-electron chi connectivity index (χ1n) is 8.15. The van der Waals surface area contributed by atoms with E-state index in [0.29, 0.717) is 30.0 Å². The summed E-state index contributed by atoms with van der Waals surface area (Å²) >= 11 is 0. The molecule has 9 heteroatoms. The highest BCUT2D eigenvalue weighted by atomic mass is 16.2. The SMILES string of the molecule is Cc1cc(C(=O)NCC2CCN(C(=O)c3cn[nH]n3)C2(C)C)cnn1. The first-order valence-corrected chi connectivity index (χ1v) is 8.15. The molecule has 9 nitrogen and oxygen atoms in total. The molecule has 2 amide bonds. The fourth-order valence-corrected chi connectivity index (χ4v) is 3.22. The van der Waals surface area contributed by atoms with Gasteiger partial charge in [-0.3, -0.25) is 9.59 Å². The standard InChI is InChI=1S/C16H21N7O2/c1-10-6-11(7-18-20-10)14(24)17-8-12-4-5-23(16(12,2)3)15(25)13-9-19-22-21-13/h6-7,9,12H,4-5,8H2,1-3H3,(H,17,24)(H,19,21,22). The maximum atomic E-state index is 12.6. The van der Waals surface area contributed by atoms with Crippen molar-refractivity contribution in [1.82, 2.24) is 35.8 Å². The number of rotatable bonds is 4. The summed E-state index contributed by atoms with van der Waals surface area (Å²) in [6.45, 7) is 6.90. The number of aromatic amines is 1. The molecular weight excluding hydrogens is 322 g/mol. The van der Waals surface area contributed by atoms with Crippen LogP contribution >= 0.6 is 0 Å². The Balaban J connectivity index is 1.64. The number of hydrogen-bond acceptors (Lipinski definition) is 6. The van der Waals surface area contributed by atoms with Crippen LogP contribution in [0.2, 0.25) is 0 Å². The Morgan fingerprint density at radius 2 is 2.20 bits per heavy atom. The highest BCUT2D eigenvalue weighted by Crippen LogP contribution is 2.35. The Morgan fingerprint density at radius 3 is 2.88 bits per heavy atom. The van der Waals surface area contributed by atoms with Crippen molar-refractivity contribution in [2.45, 2.75) is 32.7 Å². The minimum absolute atomic E-state index is 0.142. The maximum absolute atomic E-state index is 12.6. The number of likely N-dealkylation sites (tertiary alicyclic amines) is 1. The third-order valence-electron chi connectivity index (χ3n) is 4.82. The number of H-pyrrole nitrogens is 1. The van der Waals surface area contributed by atoms with E-state index in [9.17, 15) is 9.59 Å². The summed E-state index contributed by atoms with van der Waals surface area (Å²) in [7, 11) is 0. The monoisotopic (exact) mass is 343 g/mol. The lowest BCUT2D eigenvalue weighted by Crippen LogP contribution is -2.48. The van der Waals surface area contributed by atoms with E-state index in [1.54, 1.807) is 17.9 Å². The summed E-state index contributed by atoms with van der Waals surface area (Å²) in [6.07, 6.45) is 3.68. The van der Waals surface area contributed by atoms with Crippen molar-refractivity contribution in [3.05, 3.63) is 35.4 Å². The summed E-state index contributed by atoms with van der Waals surface area (Å²) in [5.74, 6) is -0.195. The van der Waals surface area contributed by atoms with E-state index >= 15 is 0 Å². The summed E-state index contributed by atoms with van der Waals surface area (Å²) in [5, 5.41) is 20.6. The van der Waals surface area contributed by atoms with Crippen LogP contribution in [0.5, 0.6) is 0 Å². The molecular formula is C16H21N7O2. The number of carbonyl (C=O) groups is 2. The quantitative estimate of drug-likeness (QED) is 0.838. The van der Waals surface area contributed by atoms with Crippen LogP contribution in [-0.4, -0.2) is 61.0 Å². The van der Waals surface area contributed by atoms with E-state index in [1.807, 2.05) is 13.8 Å². The Kier molecular flexibility index (Phi) is 4.47. The average Bonchev–Trinajstić information content (AvgIpc) is 3.20. The largest absolute Gasteiger partial charge is 0.352 e. The highest BCUT2D eigenvalue weighted by molar-refractivity contribution is 5.94. The van der Waals surface area contributed by atoms with E-state index in [-0.39, 0.29) is 17.7 Å². The molecule has 1 saturated heterocycles. The van der Waals surface area contributed by atoms with Gasteiger partial charge in [-0.05, 0) is 33.3 Å². The van der Waals surface area contributed by atoms with Gasteiger partial charge in [0.25, 0.3) is 11.8 Å². The molecule has 0 aliphatic carbocycles. The van der Waals surface area contributed by atoms with Crippen LogP contribution in [0, 0.1) is 12.8 Å². The number of nitrogens with zero attached hydrogens (tertiary/aromatic N) is 5. The van der Waals surface area contributed by atoms with E-state index in [2.05, 4.69) is 30.9 Å². The van der Waals surface area contributed by atoms with Crippen molar-refractivity contribution in [3.63, 3.8) is 0 Å². The van der Waals surface area contributed by atoms with Gasteiger partial charge in [0.15, 0.2) is 5.69 Å². The number of amides is 2. The van der Waals surface area contributed by atoms with E-state index in [1.165, 1.54) is 12.4 Å². The van der Waals surface area contributed by atoms with Gasteiger partial charge in [0.05, 0.1) is 23.7 Å². The number of aryl methyl sites for hydroxylation is 1. The molecule has 1 unspecified atom stereocenters. The Labute approximate surface area is 145 Å². The van der Waals surface area contributed by atoms with Crippen molar-refractivity contribution >= 4 is 11.8 Å². The molecule has 0 aromatic carbocycles. The van der Waals surface area contributed by atoms with Crippen LogP contribution < -0.4 is 5.32 Å². The molecule has 25 heavy (non-hydrogen) atoms. The van der Waals surface area contributed by atoms with Gasteiger partial charge in [-0.15, -0.1) is 0 Å². The predicted molar refractivity (Wildman–Crippen MR) is 88.7 cm³/mol. The van der Waals surface area contributed by atoms with Crippen LogP contribution in [0.4, 0.5) is 0 Å². The molecule has 0 bridgehead atoms. The molecule has 2 aromatic rings. The van der Waals surface area contributed by atoms with Gasteiger partial charge < -0.3 is 10.2 Å². The van der Waals surface area contributed by atoms with E-state index in [0.717, 1.165) is 6.42 Å². The number of hydrogen-bond donors (Lipinski definition) is 2. The zero-order chi connectivity index (χ0) is 18.0. The Hall–Kier alpha value is -2.84. The topological polar surface area (TPSA) is 117 Å². The van der Waals surface area contributed by atoms with E-state index in [4.69, 9.17) is 0 Å². The number of aromatic nitrogens is 5. The molecule has 1 aliphatic rings. The first-order chi connectivity index (χ1) is 11.9. The van der Waals surface area contributed by atoms with Gasteiger partial charge in [-0.1, -0.05) is 0 Å². The zero-order valence-corrected chi connectivity index (χ0v) is 14.5. The molecule has 0 spiro atoms.